The van der Waals surface area contributed by atoms with Crippen LogP contribution in [0, 0.1) is 13.8 Å². The van der Waals surface area contributed by atoms with Crippen molar-refractivity contribution in [3.63, 3.8) is 0 Å². The van der Waals surface area contributed by atoms with Gasteiger partial charge in [-0.05, 0) is 54.8 Å². The highest BCUT2D eigenvalue weighted by molar-refractivity contribution is 7.91. The van der Waals surface area contributed by atoms with Crippen molar-refractivity contribution in [1.29, 1.82) is 0 Å². The molecule has 1 heterocycles. The first-order valence-electron chi connectivity index (χ1n) is 8.81. The molecule has 3 rings (SSSR count). The molecule has 3 aromatic rings. The summed E-state index contributed by atoms with van der Waals surface area (Å²) in [6.45, 7) is 5.61. The van der Waals surface area contributed by atoms with Gasteiger partial charge in [-0.1, -0.05) is 30.2 Å². The summed E-state index contributed by atoms with van der Waals surface area (Å²) in [7, 11) is -3.27. The lowest BCUT2D eigenvalue weighted by molar-refractivity contribution is -0.115. The van der Waals surface area contributed by atoms with E-state index in [2.05, 4.69) is 15.5 Å². The number of benzene rings is 2. The number of nitrogens with zero attached hydrogens (tertiary/aromatic N) is 2. The average molecular weight is 399 g/mol. The van der Waals surface area contributed by atoms with E-state index in [4.69, 9.17) is 4.42 Å². The third-order valence-electron chi connectivity index (χ3n) is 4.45. The molecule has 1 aromatic heterocycles. The Morgan fingerprint density at radius 3 is 2.39 bits per heavy atom. The Kier molecular flexibility index (Phi) is 5.60. The Morgan fingerprint density at radius 2 is 1.75 bits per heavy atom. The molecule has 0 saturated heterocycles. The van der Waals surface area contributed by atoms with Crippen molar-refractivity contribution < 1.29 is 17.6 Å². The Balaban J connectivity index is 1.68. The van der Waals surface area contributed by atoms with Crippen LogP contribution in [0.2, 0.25) is 0 Å². The van der Waals surface area contributed by atoms with Crippen LogP contribution in [0.5, 0.6) is 0 Å². The molecule has 0 saturated carbocycles. The van der Waals surface area contributed by atoms with Gasteiger partial charge in [0.05, 0.1) is 17.1 Å². The van der Waals surface area contributed by atoms with Crippen LogP contribution in [0.15, 0.2) is 51.8 Å². The molecule has 2 aromatic carbocycles. The number of nitrogens with one attached hydrogen (secondary N) is 1. The summed E-state index contributed by atoms with van der Waals surface area (Å²) in [6.07, 6.45) is 0.197. The lowest BCUT2D eigenvalue weighted by Crippen LogP contribution is -2.14. The summed E-state index contributed by atoms with van der Waals surface area (Å²) in [5, 5.41) is 10.3. The fraction of sp³-hybridized carbons (Fsp3) is 0.250. The number of anilines is 1. The summed E-state index contributed by atoms with van der Waals surface area (Å²) in [4.78, 5) is 12.4. The number of rotatable bonds is 6. The van der Waals surface area contributed by atoms with Crippen LogP contribution >= 0.6 is 0 Å². The van der Waals surface area contributed by atoms with Gasteiger partial charge < -0.3 is 4.42 Å². The molecule has 0 aliphatic rings. The summed E-state index contributed by atoms with van der Waals surface area (Å²) in [5.74, 6) is -0.0337. The highest BCUT2D eigenvalue weighted by Gasteiger charge is 2.15. The molecule has 7 nitrogen and oxygen atoms in total. The highest BCUT2D eigenvalue weighted by atomic mass is 32.2. The Bertz CT molecular complexity index is 1100. The maximum Gasteiger partial charge on any atom is 0.322 e. The molecule has 1 N–H and O–H groups in total. The van der Waals surface area contributed by atoms with E-state index >= 15 is 0 Å². The highest BCUT2D eigenvalue weighted by Crippen LogP contribution is 2.22. The minimum Gasteiger partial charge on any atom is -0.403 e. The normalized spacial score (nSPS) is 11.4. The van der Waals surface area contributed by atoms with Crippen LogP contribution in [0.25, 0.3) is 11.5 Å². The minimum absolute atomic E-state index is 0.00547. The Labute approximate surface area is 163 Å². The van der Waals surface area contributed by atoms with Crippen LogP contribution in [-0.4, -0.2) is 30.3 Å². The van der Waals surface area contributed by atoms with E-state index in [1.54, 1.807) is 19.1 Å². The average Bonchev–Trinajstić information content (AvgIpc) is 3.13. The Morgan fingerprint density at radius 1 is 1.04 bits per heavy atom. The third-order valence-corrected chi connectivity index (χ3v) is 6.20. The first-order valence-corrected chi connectivity index (χ1v) is 10.5. The van der Waals surface area contributed by atoms with Crippen molar-refractivity contribution in [2.75, 3.05) is 11.1 Å². The summed E-state index contributed by atoms with van der Waals surface area (Å²) in [5.41, 5.74) is 3.76. The number of carbonyl (C=O) groups excluding carboxylic acids is 1. The lowest BCUT2D eigenvalue weighted by atomic mass is 10.0. The van der Waals surface area contributed by atoms with E-state index < -0.39 is 9.84 Å². The molecule has 0 radical (unpaired) electrons. The molecule has 28 heavy (non-hydrogen) atoms. The van der Waals surface area contributed by atoms with Gasteiger partial charge >= 0.3 is 6.01 Å². The molecule has 0 unspecified atom stereocenters. The maximum atomic E-state index is 12.2. The number of hydrogen-bond donors (Lipinski definition) is 1. The second-order valence-electron chi connectivity index (χ2n) is 6.48. The molecular weight excluding hydrogens is 378 g/mol. The van der Waals surface area contributed by atoms with E-state index in [0.29, 0.717) is 5.56 Å². The van der Waals surface area contributed by atoms with Crippen molar-refractivity contribution >= 4 is 21.8 Å². The third kappa shape index (κ3) is 4.45. The van der Waals surface area contributed by atoms with E-state index in [1.807, 2.05) is 32.0 Å². The van der Waals surface area contributed by atoms with Crippen molar-refractivity contribution in [2.45, 2.75) is 32.1 Å². The second kappa shape index (κ2) is 7.93. The van der Waals surface area contributed by atoms with Crippen LogP contribution in [-0.2, 0) is 21.1 Å². The van der Waals surface area contributed by atoms with Gasteiger partial charge in [-0.3, -0.25) is 10.1 Å². The lowest BCUT2D eigenvalue weighted by Gasteiger charge is -2.04. The molecule has 1 amide bonds. The number of aryl methyl sites for hydroxylation is 2. The van der Waals surface area contributed by atoms with Crippen LogP contribution in [0.1, 0.15) is 23.6 Å². The van der Waals surface area contributed by atoms with Crippen molar-refractivity contribution in [2.24, 2.45) is 0 Å². The number of aromatic nitrogens is 2. The largest absolute Gasteiger partial charge is 0.403 e. The first-order chi connectivity index (χ1) is 13.3. The number of amides is 1. The van der Waals surface area contributed by atoms with Crippen molar-refractivity contribution in [1.82, 2.24) is 10.2 Å². The SMILES string of the molecule is CCS(=O)(=O)c1ccc(-c2nnc(NC(=O)Cc3ccc(C)c(C)c3)o2)cc1. The molecule has 0 aliphatic heterocycles. The smallest absolute Gasteiger partial charge is 0.322 e. The molecule has 0 bridgehead atoms. The fourth-order valence-electron chi connectivity index (χ4n) is 2.62. The van der Waals surface area contributed by atoms with Gasteiger partial charge in [-0.25, -0.2) is 8.42 Å². The van der Waals surface area contributed by atoms with E-state index in [0.717, 1.165) is 11.1 Å². The summed E-state index contributed by atoms with van der Waals surface area (Å²) < 4.78 is 29.2. The van der Waals surface area contributed by atoms with Gasteiger partial charge in [-0.15, -0.1) is 5.10 Å². The standard InChI is InChI=1S/C20H21N3O4S/c1-4-28(25,26)17-9-7-16(8-10-17)19-22-23-20(27-19)21-18(24)12-15-6-5-13(2)14(3)11-15/h5-11H,4,12H2,1-3H3,(H,21,23,24). The second-order valence-corrected chi connectivity index (χ2v) is 8.76. The molecule has 0 spiro atoms. The molecule has 0 fully saturated rings. The van der Waals surface area contributed by atoms with Crippen molar-refractivity contribution in [3.05, 3.63) is 59.2 Å². The van der Waals surface area contributed by atoms with Crippen molar-refractivity contribution in [3.8, 4) is 11.5 Å². The predicted octanol–water partition coefficient (Wildman–Crippen LogP) is 3.33. The zero-order valence-electron chi connectivity index (χ0n) is 15.9. The van der Waals surface area contributed by atoms with Gasteiger partial charge in [0.25, 0.3) is 0 Å². The van der Waals surface area contributed by atoms with Gasteiger partial charge in [0.1, 0.15) is 0 Å². The molecule has 146 valence electrons. The fourth-order valence-corrected chi connectivity index (χ4v) is 3.51. The zero-order chi connectivity index (χ0) is 20.3. The van der Waals surface area contributed by atoms with Gasteiger partial charge in [0, 0.05) is 5.56 Å². The van der Waals surface area contributed by atoms with Gasteiger partial charge in [0.2, 0.25) is 11.8 Å². The minimum atomic E-state index is -3.27. The van der Waals surface area contributed by atoms with Gasteiger partial charge in [-0.2, -0.15) is 0 Å². The number of hydrogen-bond acceptors (Lipinski definition) is 6. The van der Waals surface area contributed by atoms with Crippen LogP contribution < -0.4 is 5.32 Å². The quantitative estimate of drug-likeness (QED) is 0.682. The summed E-state index contributed by atoms with van der Waals surface area (Å²) in [6, 6.07) is 12.0. The van der Waals surface area contributed by atoms with E-state index in [9.17, 15) is 13.2 Å². The Hall–Kier alpha value is -3.00. The molecular formula is C20H21N3O4S. The number of carbonyl (C=O) groups is 1. The first kappa shape index (κ1) is 19.8. The molecule has 8 heteroatoms. The molecule has 0 atom stereocenters. The maximum absolute atomic E-state index is 12.2. The molecule has 0 aliphatic carbocycles. The predicted molar refractivity (Wildman–Crippen MR) is 106 cm³/mol. The number of sulfone groups is 1. The van der Waals surface area contributed by atoms with Crippen LogP contribution in [0.4, 0.5) is 6.01 Å². The van der Waals surface area contributed by atoms with E-state index in [-0.39, 0.29) is 34.9 Å². The topological polar surface area (TPSA) is 102 Å². The van der Waals surface area contributed by atoms with Crippen LogP contribution in [0.3, 0.4) is 0 Å². The van der Waals surface area contributed by atoms with E-state index in [1.165, 1.54) is 17.7 Å². The monoisotopic (exact) mass is 399 g/mol. The van der Waals surface area contributed by atoms with Gasteiger partial charge in [0.15, 0.2) is 9.84 Å². The summed E-state index contributed by atoms with van der Waals surface area (Å²) >= 11 is 0. The zero-order valence-corrected chi connectivity index (χ0v) is 16.7.